The van der Waals surface area contributed by atoms with E-state index in [1.54, 1.807) is 42.5 Å². The smallest absolute Gasteiger partial charge is 0.261 e. The van der Waals surface area contributed by atoms with E-state index in [9.17, 15) is 21.6 Å². The van der Waals surface area contributed by atoms with E-state index in [1.165, 1.54) is 36.4 Å². The van der Waals surface area contributed by atoms with Crippen LogP contribution in [0.15, 0.2) is 83.8 Å². The topological polar surface area (TPSA) is 121 Å². The maximum absolute atomic E-state index is 12.6. The molecule has 0 unspecified atom stereocenters. The summed E-state index contributed by atoms with van der Waals surface area (Å²) in [5.74, 6) is -0.542. The van der Waals surface area contributed by atoms with Crippen LogP contribution in [0.4, 0.5) is 17.1 Å². The molecule has 0 aliphatic heterocycles. The van der Waals surface area contributed by atoms with Gasteiger partial charge >= 0.3 is 0 Å². The van der Waals surface area contributed by atoms with Crippen LogP contribution in [0.25, 0.3) is 0 Å². The number of anilines is 3. The van der Waals surface area contributed by atoms with Gasteiger partial charge in [-0.2, -0.15) is 0 Å². The summed E-state index contributed by atoms with van der Waals surface area (Å²) in [6.07, 6.45) is 0.990. The molecule has 3 aromatic rings. The molecule has 0 atom stereocenters. The molecule has 10 heteroatoms. The Hall–Kier alpha value is -3.37. The molecule has 1 amide bonds. The molecular formula is C20H19N3O5S2. The fourth-order valence-corrected chi connectivity index (χ4v) is 4.24. The molecule has 0 spiro atoms. The van der Waals surface area contributed by atoms with E-state index in [-0.39, 0.29) is 16.1 Å². The molecule has 8 nitrogen and oxygen atoms in total. The zero-order valence-electron chi connectivity index (χ0n) is 15.9. The second kappa shape index (κ2) is 8.56. The molecule has 0 saturated carbocycles. The lowest BCUT2D eigenvalue weighted by Gasteiger charge is -2.12. The van der Waals surface area contributed by atoms with E-state index in [2.05, 4.69) is 14.8 Å². The van der Waals surface area contributed by atoms with E-state index < -0.39 is 26.0 Å². The minimum atomic E-state index is -3.78. The lowest BCUT2D eigenvalue weighted by molar-refractivity contribution is 0.102. The Kier molecular flexibility index (Phi) is 6.09. The van der Waals surface area contributed by atoms with Gasteiger partial charge in [-0.25, -0.2) is 16.8 Å². The maximum Gasteiger partial charge on any atom is 0.261 e. The van der Waals surface area contributed by atoms with Crippen molar-refractivity contribution in [3.8, 4) is 0 Å². The van der Waals surface area contributed by atoms with Crippen molar-refractivity contribution in [1.82, 2.24) is 0 Å². The van der Waals surface area contributed by atoms with Crippen LogP contribution >= 0.6 is 0 Å². The summed E-state index contributed by atoms with van der Waals surface area (Å²) in [4.78, 5) is 12.6. The molecule has 0 saturated heterocycles. The normalized spacial score (nSPS) is 11.5. The first-order valence-corrected chi connectivity index (χ1v) is 12.1. The summed E-state index contributed by atoms with van der Waals surface area (Å²) in [5.41, 5.74) is 1.06. The van der Waals surface area contributed by atoms with E-state index in [1.807, 2.05) is 0 Å². The van der Waals surface area contributed by atoms with Gasteiger partial charge in [0, 0.05) is 11.4 Å². The summed E-state index contributed by atoms with van der Waals surface area (Å²) >= 11 is 0. The quantitative estimate of drug-likeness (QED) is 0.516. The number of carbonyl (C=O) groups excluding carboxylic acids is 1. The Bertz CT molecular complexity index is 1260. The number of para-hydroxylation sites is 2. The third-order valence-corrected chi connectivity index (χ3v) is 5.90. The van der Waals surface area contributed by atoms with Gasteiger partial charge in [0.25, 0.3) is 15.9 Å². The van der Waals surface area contributed by atoms with Crippen molar-refractivity contribution in [2.45, 2.75) is 4.90 Å². The predicted octanol–water partition coefficient (Wildman–Crippen LogP) is 3.11. The van der Waals surface area contributed by atoms with Crippen LogP contribution in [0.1, 0.15) is 10.4 Å². The van der Waals surface area contributed by atoms with Gasteiger partial charge in [0.1, 0.15) is 0 Å². The highest BCUT2D eigenvalue weighted by atomic mass is 32.2. The molecule has 0 aliphatic carbocycles. The molecule has 3 aromatic carbocycles. The minimum Gasteiger partial charge on any atom is -0.322 e. The van der Waals surface area contributed by atoms with Gasteiger partial charge in [-0.15, -0.1) is 0 Å². The monoisotopic (exact) mass is 445 g/mol. The van der Waals surface area contributed by atoms with Crippen LogP contribution in [0.2, 0.25) is 0 Å². The Morgan fingerprint density at radius 1 is 0.700 bits per heavy atom. The molecule has 0 fully saturated rings. The van der Waals surface area contributed by atoms with E-state index >= 15 is 0 Å². The number of rotatable bonds is 7. The van der Waals surface area contributed by atoms with Gasteiger partial charge in [0.15, 0.2) is 0 Å². The van der Waals surface area contributed by atoms with Crippen LogP contribution in [-0.2, 0) is 20.0 Å². The summed E-state index contributed by atoms with van der Waals surface area (Å²) in [6, 6.07) is 20.3. The Labute approximate surface area is 175 Å². The molecule has 0 heterocycles. The van der Waals surface area contributed by atoms with Crippen molar-refractivity contribution >= 4 is 43.0 Å². The van der Waals surface area contributed by atoms with Crippen molar-refractivity contribution in [3.05, 3.63) is 84.4 Å². The highest BCUT2D eigenvalue weighted by molar-refractivity contribution is 7.92. The second-order valence-corrected chi connectivity index (χ2v) is 9.80. The first-order valence-electron chi connectivity index (χ1n) is 8.70. The SMILES string of the molecule is CS(=O)(=O)Nc1ccccc1C(=O)Nc1ccc(S(=O)(=O)Nc2ccccc2)cc1. The highest BCUT2D eigenvalue weighted by Crippen LogP contribution is 2.21. The van der Waals surface area contributed by atoms with Crippen molar-refractivity contribution in [3.63, 3.8) is 0 Å². The highest BCUT2D eigenvalue weighted by Gasteiger charge is 2.16. The summed E-state index contributed by atoms with van der Waals surface area (Å²) in [5, 5.41) is 2.62. The van der Waals surface area contributed by atoms with E-state index in [0.717, 1.165) is 6.26 Å². The number of sulfonamides is 2. The number of benzene rings is 3. The lowest BCUT2D eigenvalue weighted by atomic mass is 10.1. The average Bonchev–Trinajstić information content (AvgIpc) is 2.68. The average molecular weight is 446 g/mol. The first-order chi connectivity index (χ1) is 14.1. The molecule has 0 aliphatic rings. The summed E-state index contributed by atoms with van der Waals surface area (Å²) in [6.45, 7) is 0. The number of hydrogen-bond donors (Lipinski definition) is 3. The number of nitrogens with one attached hydrogen (secondary N) is 3. The summed E-state index contributed by atoms with van der Waals surface area (Å²) < 4.78 is 52.7. The lowest BCUT2D eigenvalue weighted by Crippen LogP contribution is -2.17. The predicted molar refractivity (Wildman–Crippen MR) is 117 cm³/mol. The Balaban J connectivity index is 1.76. The van der Waals surface area contributed by atoms with Crippen molar-refractivity contribution in [2.24, 2.45) is 0 Å². The zero-order valence-corrected chi connectivity index (χ0v) is 17.5. The first kappa shape index (κ1) is 21.3. The van der Waals surface area contributed by atoms with Gasteiger partial charge in [0.2, 0.25) is 10.0 Å². The van der Waals surface area contributed by atoms with Gasteiger partial charge in [-0.1, -0.05) is 30.3 Å². The number of amides is 1. The second-order valence-electron chi connectivity index (χ2n) is 6.37. The van der Waals surface area contributed by atoms with Crippen LogP contribution in [0, 0.1) is 0 Å². The van der Waals surface area contributed by atoms with Gasteiger partial charge < -0.3 is 5.32 Å². The fraction of sp³-hybridized carbons (Fsp3) is 0.0500. The van der Waals surface area contributed by atoms with E-state index in [4.69, 9.17) is 0 Å². The minimum absolute atomic E-state index is 0.0310. The van der Waals surface area contributed by atoms with Crippen LogP contribution in [0.3, 0.4) is 0 Å². The molecule has 0 aromatic heterocycles. The van der Waals surface area contributed by atoms with Crippen molar-refractivity contribution in [1.29, 1.82) is 0 Å². The molecule has 3 rings (SSSR count). The molecule has 30 heavy (non-hydrogen) atoms. The maximum atomic E-state index is 12.6. The van der Waals surface area contributed by atoms with Crippen molar-refractivity contribution in [2.75, 3.05) is 21.0 Å². The largest absolute Gasteiger partial charge is 0.322 e. The van der Waals surface area contributed by atoms with Crippen LogP contribution in [0.5, 0.6) is 0 Å². The Morgan fingerprint density at radius 3 is 1.93 bits per heavy atom. The molecule has 156 valence electrons. The van der Waals surface area contributed by atoms with Gasteiger partial charge in [-0.05, 0) is 48.5 Å². The standard InChI is InChI=1S/C20H19N3O5S2/c1-29(25,26)23-19-10-6-5-9-18(19)20(24)21-15-11-13-17(14-12-15)30(27,28)22-16-7-3-2-4-8-16/h2-14,22-23H,1H3,(H,21,24). The van der Waals surface area contributed by atoms with Gasteiger partial charge in [0.05, 0.1) is 22.4 Å². The van der Waals surface area contributed by atoms with Crippen LogP contribution in [-0.4, -0.2) is 29.0 Å². The van der Waals surface area contributed by atoms with Crippen molar-refractivity contribution < 1.29 is 21.6 Å². The zero-order chi connectivity index (χ0) is 21.8. The fourth-order valence-electron chi connectivity index (χ4n) is 2.61. The molecule has 0 radical (unpaired) electrons. The Morgan fingerprint density at radius 2 is 1.30 bits per heavy atom. The number of hydrogen-bond acceptors (Lipinski definition) is 5. The third kappa shape index (κ3) is 5.58. The third-order valence-electron chi connectivity index (χ3n) is 3.92. The van der Waals surface area contributed by atoms with E-state index in [0.29, 0.717) is 11.4 Å². The van der Waals surface area contributed by atoms with Gasteiger partial charge in [-0.3, -0.25) is 14.2 Å². The molecular weight excluding hydrogens is 426 g/mol. The summed E-state index contributed by atoms with van der Waals surface area (Å²) in [7, 11) is -7.33. The molecule has 3 N–H and O–H groups in total. The number of carbonyl (C=O) groups is 1. The molecule has 0 bridgehead atoms. The van der Waals surface area contributed by atoms with Crippen LogP contribution < -0.4 is 14.8 Å².